The van der Waals surface area contributed by atoms with Gasteiger partial charge in [0.1, 0.15) is 11.0 Å². The Kier molecular flexibility index (Phi) is 7.30. The molecule has 0 aliphatic carbocycles. The number of thioether (sulfide) groups is 1. The van der Waals surface area contributed by atoms with Crippen molar-refractivity contribution in [3.63, 3.8) is 0 Å². The fourth-order valence-corrected chi connectivity index (χ4v) is 4.16. The monoisotopic (exact) mass is 441 g/mol. The molecule has 3 rings (SSSR count). The Morgan fingerprint density at radius 1 is 1.23 bits per heavy atom. The summed E-state index contributed by atoms with van der Waals surface area (Å²) in [5.74, 6) is -0.921. The van der Waals surface area contributed by atoms with Crippen molar-refractivity contribution in [2.75, 3.05) is 18.5 Å². The van der Waals surface area contributed by atoms with E-state index in [0.29, 0.717) is 29.7 Å². The van der Waals surface area contributed by atoms with E-state index in [1.807, 2.05) is 13.8 Å². The van der Waals surface area contributed by atoms with Gasteiger partial charge in [-0.05, 0) is 56.3 Å². The third-order valence-electron chi connectivity index (χ3n) is 4.50. The fourth-order valence-electron chi connectivity index (χ4n) is 3.00. The van der Waals surface area contributed by atoms with E-state index in [-0.39, 0.29) is 23.8 Å². The van der Waals surface area contributed by atoms with E-state index in [9.17, 15) is 14.4 Å². The van der Waals surface area contributed by atoms with Crippen LogP contribution in [0.4, 0.5) is 11.4 Å². The minimum absolute atomic E-state index is 0.0330. The van der Waals surface area contributed by atoms with Gasteiger partial charge < -0.3 is 15.2 Å². The third kappa shape index (κ3) is 5.64. The Bertz CT molecular complexity index is 1010. The lowest BCUT2D eigenvalue weighted by Gasteiger charge is -2.30. The zero-order valence-electron chi connectivity index (χ0n) is 17.2. The van der Waals surface area contributed by atoms with Gasteiger partial charge in [0, 0.05) is 18.7 Å². The quantitative estimate of drug-likeness (QED) is 0.677. The van der Waals surface area contributed by atoms with E-state index in [1.165, 1.54) is 23.9 Å². The largest absolute Gasteiger partial charge is 0.494 e. The standard InChI is InChI=1S/C22H23N3O5S/c1-3-25-19(26)13-18(20(27)23-16-7-5-6-14(12-16)21(28)29)31-22(25)24-15-8-10-17(11-9-15)30-4-2/h5-12,18H,3-4,13H2,1-2H3,(H,23,27)(H,28,29)/t18-/m1/s1. The predicted molar refractivity (Wildman–Crippen MR) is 120 cm³/mol. The molecular formula is C22H23N3O5S. The smallest absolute Gasteiger partial charge is 0.335 e. The first kappa shape index (κ1) is 22.4. The fraction of sp³-hybridized carbons (Fsp3) is 0.273. The molecule has 0 unspecified atom stereocenters. The summed E-state index contributed by atoms with van der Waals surface area (Å²) in [5, 5.41) is 11.6. The number of rotatable bonds is 7. The molecule has 2 N–H and O–H groups in total. The molecule has 162 valence electrons. The van der Waals surface area contributed by atoms with Gasteiger partial charge in [0.15, 0.2) is 5.17 Å². The zero-order chi connectivity index (χ0) is 22.4. The lowest BCUT2D eigenvalue weighted by molar-refractivity contribution is -0.129. The molecule has 0 radical (unpaired) electrons. The second kappa shape index (κ2) is 10.1. The first-order valence-electron chi connectivity index (χ1n) is 9.84. The third-order valence-corrected chi connectivity index (χ3v) is 5.69. The van der Waals surface area contributed by atoms with Crippen LogP contribution in [0, 0.1) is 0 Å². The highest BCUT2D eigenvalue weighted by Crippen LogP contribution is 2.30. The minimum Gasteiger partial charge on any atom is -0.494 e. The molecule has 0 saturated carbocycles. The van der Waals surface area contributed by atoms with Crippen LogP contribution in [0.3, 0.4) is 0 Å². The average molecular weight is 442 g/mol. The molecule has 1 saturated heterocycles. The number of anilines is 1. The van der Waals surface area contributed by atoms with Crippen molar-refractivity contribution in [2.24, 2.45) is 4.99 Å². The maximum Gasteiger partial charge on any atom is 0.335 e. The highest BCUT2D eigenvalue weighted by molar-refractivity contribution is 8.15. The van der Waals surface area contributed by atoms with Crippen LogP contribution in [0.1, 0.15) is 30.6 Å². The number of hydrogen-bond acceptors (Lipinski definition) is 6. The first-order valence-corrected chi connectivity index (χ1v) is 10.7. The van der Waals surface area contributed by atoms with Crippen LogP contribution in [0.2, 0.25) is 0 Å². The Balaban J connectivity index is 1.78. The second-order valence-corrected chi connectivity index (χ2v) is 7.82. The van der Waals surface area contributed by atoms with Crippen LogP contribution in [0.25, 0.3) is 0 Å². The molecule has 31 heavy (non-hydrogen) atoms. The summed E-state index contributed by atoms with van der Waals surface area (Å²) < 4.78 is 5.43. The second-order valence-electron chi connectivity index (χ2n) is 6.65. The van der Waals surface area contributed by atoms with E-state index in [1.54, 1.807) is 41.3 Å². The van der Waals surface area contributed by atoms with Crippen LogP contribution < -0.4 is 10.1 Å². The van der Waals surface area contributed by atoms with Crippen molar-refractivity contribution in [1.29, 1.82) is 0 Å². The molecule has 8 nitrogen and oxygen atoms in total. The van der Waals surface area contributed by atoms with E-state index >= 15 is 0 Å². The molecule has 9 heteroatoms. The Morgan fingerprint density at radius 2 is 1.97 bits per heavy atom. The normalized spacial score (nSPS) is 17.5. The summed E-state index contributed by atoms with van der Waals surface area (Å²) in [6.07, 6.45) is 0.0330. The molecule has 1 aliphatic rings. The van der Waals surface area contributed by atoms with E-state index in [2.05, 4.69) is 10.3 Å². The molecule has 1 heterocycles. The molecule has 0 aromatic heterocycles. The maximum atomic E-state index is 12.8. The number of aliphatic imine (C=N–C) groups is 1. The van der Waals surface area contributed by atoms with Crippen molar-refractivity contribution in [3.05, 3.63) is 54.1 Å². The summed E-state index contributed by atoms with van der Waals surface area (Å²) in [6, 6.07) is 13.2. The maximum absolute atomic E-state index is 12.8. The summed E-state index contributed by atoms with van der Waals surface area (Å²) in [5.41, 5.74) is 1.08. The van der Waals surface area contributed by atoms with Gasteiger partial charge in [-0.2, -0.15) is 0 Å². The average Bonchev–Trinajstić information content (AvgIpc) is 2.75. The lowest BCUT2D eigenvalue weighted by atomic mass is 10.2. The summed E-state index contributed by atoms with van der Waals surface area (Å²) in [4.78, 5) is 42.7. The summed E-state index contributed by atoms with van der Waals surface area (Å²) in [6.45, 7) is 4.76. The highest BCUT2D eigenvalue weighted by Gasteiger charge is 2.35. The number of carboxylic acids is 1. The van der Waals surface area contributed by atoms with Gasteiger partial charge in [-0.3, -0.25) is 14.5 Å². The van der Waals surface area contributed by atoms with Gasteiger partial charge in [-0.1, -0.05) is 17.8 Å². The van der Waals surface area contributed by atoms with Gasteiger partial charge in [-0.15, -0.1) is 0 Å². The van der Waals surface area contributed by atoms with E-state index in [4.69, 9.17) is 9.84 Å². The molecule has 1 aliphatic heterocycles. The van der Waals surface area contributed by atoms with Crippen LogP contribution in [0.5, 0.6) is 5.75 Å². The Labute approximate surface area is 184 Å². The number of carboxylic acid groups (broad SMARTS) is 1. The first-order chi connectivity index (χ1) is 14.9. The van der Waals surface area contributed by atoms with Crippen molar-refractivity contribution in [2.45, 2.75) is 25.5 Å². The number of ether oxygens (including phenoxy) is 1. The van der Waals surface area contributed by atoms with Gasteiger partial charge in [0.05, 0.1) is 17.9 Å². The molecule has 2 amide bonds. The number of nitrogens with zero attached hydrogens (tertiary/aromatic N) is 2. The molecule has 0 spiro atoms. The van der Waals surface area contributed by atoms with Crippen molar-refractivity contribution < 1.29 is 24.2 Å². The van der Waals surface area contributed by atoms with Gasteiger partial charge >= 0.3 is 5.97 Å². The van der Waals surface area contributed by atoms with Crippen LogP contribution in [-0.2, 0) is 9.59 Å². The minimum atomic E-state index is -1.08. The van der Waals surface area contributed by atoms with Gasteiger partial charge in [0.2, 0.25) is 11.8 Å². The summed E-state index contributed by atoms with van der Waals surface area (Å²) >= 11 is 1.21. The Morgan fingerprint density at radius 3 is 2.61 bits per heavy atom. The number of aromatic carboxylic acids is 1. The number of amidine groups is 1. The van der Waals surface area contributed by atoms with E-state index in [0.717, 1.165) is 5.75 Å². The molecule has 0 bridgehead atoms. The molecular weight excluding hydrogens is 418 g/mol. The summed E-state index contributed by atoms with van der Waals surface area (Å²) in [7, 11) is 0. The number of amides is 2. The highest BCUT2D eigenvalue weighted by atomic mass is 32.2. The van der Waals surface area contributed by atoms with E-state index < -0.39 is 11.2 Å². The Hall–Kier alpha value is -3.33. The van der Waals surface area contributed by atoms with Crippen molar-refractivity contribution in [3.8, 4) is 5.75 Å². The van der Waals surface area contributed by atoms with Gasteiger partial charge in [-0.25, -0.2) is 9.79 Å². The van der Waals surface area contributed by atoms with Crippen molar-refractivity contribution >= 4 is 46.1 Å². The topological polar surface area (TPSA) is 108 Å². The molecule has 2 aromatic rings. The number of carbonyl (C=O) groups excluding carboxylic acids is 2. The number of benzene rings is 2. The molecule has 2 aromatic carbocycles. The number of nitrogens with one attached hydrogen (secondary N) is 1. The number of hydrogen-bond donors (Lipinski definition) is 2. The molecule has 1 atom stereocenters. The van der Waals surface area contributed by atoms with Crippen LogP contribution in [0.15, 0.2) is 53.5 Å². The predicted octanol–water partition coefficient (Wildman–Crippen LogP) is 3.76. The lowest BCUT2D eigenvalue weighted by Crippen LogP contribution is -2.45. The SMILES string of the molecule is CCOc1ccc(N=C2S[C@@H](C(=O)Nc3cccc(C(=O)O)c3)CC(=O)N2CC)cc1. The number of carbonyl (C=O) groups is 3. The molecule has 1 fully saturated rings. The zero-order valence-corrected chi connectivity index (χ0v) is 18.0. The van der Waals surface area contributed by atoms with Crippen LogP contribution in [-0.4, -0.2) is 51.4 Å². The van der Waals surface area contributed by atoms with Gasteiger partial charge in [0.25, 0.3) is 0 Å². The van der Waals surface area contributed by atoms with Crippen molar-refractivity contribution in [1.82, 2.24) is 4.90 Å². The van der Waals surface area contributed by atoms with Crippen LogP contribution >= 0.6 is 11.8 Å².